The van der Waals surface area contributed by atoms with Crippen molar-refractivity contribution in [2.24, 2.45) is 0 Å². The van der Waals surface area contributed by atoms with E-state index in [-0.39, 0.29) is 18.8 Å². The molecule has 19 heavy (non-hydrogen) atoms. The van der Waals surface area contributed by atoms with Crippen LogP contribution in [0.2, 0.25) is 0 Å². The lowest BCUT2D eigenvalue weighted by molar-refractivity contribution is -0.0583. The maximum atomic E-state index is 11.9. The number of aliphatic hydroxyl groups excluding tert-OH is 1. The SMILES string of the molecule is CO[C@@H]1CN(C(=O)OCc2ccccc2)CC[C@H]1O. The molecule has 5 nitrogen and oxygen atoms in total. The lowest BCUT2D eigenvalue weighted by atomic mass is 10.1. The number of carbonyl (C=O) groups excluding carboxylic acids is 1. The lowest BCUT2D eigenvalue weighted by Crippen LogP contribution is -2.49. The molecule has 104 valence electrons. The summed E-state index contributed by atoms with van der Waals surface area (Å²) >= 11 is 0. The number of hydrogen-bond acceptors (Lipinski definition) is 4. The van der Waals surface area contributed by atoms with E-state index in [1.165, 1.54) is 7.11 Å². The summed E-state index contributed by atoms with van der Waals surface area (Å²) in [6.45, 7) is 1.12. The molecular formula is C14H19NO4. The van der Waals surface area contributed by atoms with Crippen molar-refractivity contribution in [2.45, 2.75) is 25.2 Å². The van der Waals surface area contributed by atoms with Crippen LogP contribution in [-0.4, -0.2) is 48.5 Å². The van der Waals surface area contributed by atoms with E-state index in [0.717, 1.165) is 5.56 Å². The smallest absolute Gasteiger partial charge is 0.410 e. The van der Waals surface area contributed by atoms with Crippen LogP contribution < -0.4 is 0 Å². The molecule has 0 saturated carbocycles. The van der Waals surface area contributed by atoms with Gasteiger partial charge in [0.1, 0.15) is 12.7 Å². The summed E-state index contributed by atoms with van der Waals surface area (Å²) in [4.78, 5) is 13.5. The number of benzene rings is 1. The van der Waals surface area contributed by atoms with E-state index < -0.39 is 6.10 Å². The number of ether oxygens (including phenoxy) is 2. The van der Waals surface area contributed by atoms with E-state index in [4.69, 9.17) is 9.47 Å². The third kappa shape index (κ3) is 3.68. The molecule has 2 atom stereocenters. The summed E-state index contributed by atoms with van der Waals surface area (Å²) in [5.41, 5.74) is 0.955. The van der Waals surface area contributed by atoms with Gasteiger partial charge in [0.15, 0.2) is 0 Å². The van der Waals surface area contributed by atoms with Gasteiger partial charge in [-0.3, -0.25) is 0 Å². The number of nitrogens with zero attached hydrogens (tertiary/aromatic N) is 1. The summed E-state index contributed by atoms with van der Waals surface area (Å²) in [6, 6.07) is 9.54. The molecule has 1 aromatic rings. The molecule has 1 fully saturated rings. The average Bonchev–Trinajstić information content (AvgIpc) is 2.46. The molecule has 1 N–H and O–H groups in total. The topological polar surface area (TPSA) is 59.0 Å². The van der Waals surface area contributed by atoms with E-state index in [0.29, 0.717) is 19.5 Å². The fourth-order valence-electron chi connectivity index (χ4n) is 2.11. The van der Waals surface area contributed by atoms with Gasteiger partial charge in [-0.05, 0) is 12.0 Å². The standard InChI is InChI=1S/C14H19NO4/c1-18-13-9-15(8-7-12(13)16)14(17)19-10-11-5-3-2-4-6-11/h2-6,12-13,16H,7-10H2,1H3/t12-,13-/m1/s1. The first-order valence-electron chi connectivity index (χ1n) is 6.37. The number of piperidine rings is 1. The van der Waals surface area contributed by atoms with Crippen LogP contribution in [0.4, 0.5) is 4.79 Å². The van der Waals surface area contributed by atoms with Crippen LogP contribution >= 0.6 is 0 Å². The van der Waals surface area contributed by atoms with Gasteiger partial charge in [-0.1, -0.05) is 30.3 Å². The number of aliphatic hydroxyl groups is 1. The van der Waals surface area contributed by atoms with Crippen molar-refractivity contribution in [3.05, 3.63) is 35.9 Å². The molecule has 0 radical (unpaired) electrons. The Morgan fingerprint density at radius 2 is 2.16 bits per heavy atom. The first kappa shape index (κ1) is 13.8. The predicted octanol–water partition coefficient (Wildman–Crippen LogP) is 1.40. The van der Waals surface area contributed by atoms with E-state index in [1.807, 2.05) is 30.3 Å². The van der Waals surface area contributed by atoms with Crippen molar-refractivity contribution in [1.82, 2.24) is 4.90 Å². The molecule has 0 bridgehead atoms. The molecule has 0 spiro atoms. The maximum Gasteiger partial charge on any atom is 0.410 e. The summed E-state index contributed by atoms with van der Waals surface area (Å²) < 4.78 is 10.4. The Morgan fingerprint density at radius 3 is 2.84 bits per heavy atom. The van der Waals surface area contributed by atoms with Gasteiger partial charge in [-0.25, -0.2) is 4.79 Å². The van der Waals surface area contributed by atoms with Gasteiger partial charge in [-0.2, -0.15) is 0 Å². The lowest BCUT2D eigenvalue weighted by Gasteiger charge is -2.34. The second kappa shape index (κ2) is 6.54. The summed E-state index contributed by atoms with van der Waals surface area (Å²) in [6.07, 6.45) is -0.696. The number of methoxy groups -OCH3 is 1. The Bertz CT molecular complexity index is 409. The highest BCUT2D eigenvalue weighted by Gasteiger charge is 2.30. The van der Waals surface area contributed by atoms with Crippen molar-refractivity contribution in [3.8, 4) is 0 Å². The first-order valence-corrected chi connectivity index (χ1v) is 6.37. The molecule has 1 heterocycles. The van der Waals surface area contributed by atoms with Gasteiger partial charge in [-0.15, -0.1) is 0 Å². The quantitative estimate of drug-likeness (QED) is 0.897. The largest absolute Gasteiger partial charge is 0.445 e. The van der Waals surface area contributed by atoms with Crippen molar-refractivity contribution >= 4 is 6.09 Å². The fraction of sp³-hybridized carbons (Fsp3) is 0.500. The Morgan fingerprint density at radius 1 is 1.42 bits per heavy atom. The Hall–Kier alpha value is -1.59. The van der Waals surface area contributed by atoms with Crippen LogP contribution in [0, 0.1) is 0 Å². The molecule has 2 rings (SSSR count). The van der Waals surface area contributed by atoms with Crippen LogP contribution in [0.25, 0.3) is 0 Å². The number of carbonyl (C=O) groups is 1. The minimum Gasteiger partial charge on any atom is -0.445 e. The number of likely N-dealkylation sites (tertiary alicyclic amines) is 1. The molecule has 1 aliphatic heterocycles. The van der Waals surface area contributed by atoms with E-state index in [2.05, 4.69) is 0 Å². The van der Waals surface area contributed by atoms with Crippen molar-refractivity contribution in [3.63, 3.8) is 0 Å². The molecule has 0 unspecified atom stereocenters. The zero-order chi connectivity index (χ0) is 13.7. The molecule has 1 aromatic carbocycles. The van der Waals surface area contributed by atoms with Gasteiger partial charge in [0.05, 0.1) is 12.6 Å². The molecule has 0 aliphatic carbocycles. The number of hydrogen-bond donors (Lipinski definition) is 1. The van der Waals surface area contributed by atoms with Crippen LogP contribution in [0.3, 0.4) is 0 Å². The van der Waals surface area contributed by atoms with Crippen LogP contribution in [0.15, 0.2) is 30.3 Å². The van der Waals surface area contributed by atoms with Crippen LogP contribution in [0.1, 0.15) is 12.0 Å². The Kier molecular flexibility index (Phi) is 4.76. The van der Waals surface area contributed by atoms with Crippen molar-refractivity contribution < 1.29 is 19.4 Å². The Balaban J connectivity index is 1.83. The third-order valence-corrected chi connectivity index (χ3v) is 3.29. The molecule has 5 heteroatoms. The van der Waals surface area contributed by atoms with Crippen molar-refractivity contribution in [2.75, 3.05) is 20.2 Å². The molecule has 1 amide bonds. The zero-order valence-corrected chi connectivity index (χ0v) is 11.0. The average molecular weight is 265 g/mol. The predicted molar refractivity (Wildman–Crippen MR) is 69.6 cm³/mol. The highest BCUT2D eigenvalue weighted by molar-refractivity contribution is 5.67. The Labute approximate surface area is 112 Å². The van der Waals surface area contributed by atoms with Gasteiger partial charge < -0.3 is 19.5 Å². The van der Waals surface area contributed by atoms with Gasteiger partial charge in [0, 0.05) is 13.7 Å². The van der Waals surface area contributed by atoms with E-state index >= 15 is 0 Å². The number of amides is 1. The highest BCUT2D eigenvalue weighted by atomic mass is 16.6. The first-order chi connectivity index (χ1) is 9.20. The number of rotatable bonds is 3. The molecule has 0 aromatic heterocycles. The fourth-order valence-corrected chi connectivity index (χ4v) is 2.11. The summed E-state index contributed by atoms with van der Waals surface area (Å²) in [5.74, 6) is 0. The van der Waals surface area contributed by atoms with Crippen LogP contribution in [0.5, 0.6) is 0 Å². The minimum atomic E-state index is -0.511. The highest BCUT2D eigenvalue weighted by Crippen LogP contribution is 2.15. The maximum absolute atomic E-state index is 11.9. The normalized spacial score (nSPS) is 23.2. The molecule has 1 saturated heterocycles. The molecule has 1 aliphatic rings. The van der Waals surface area contributed by atoms with Crippen LogP contribution in [-0.2, 0) is 16.1 Å². The van der Waals surface area contributed by atoms with Crippen molar-refractivity contribution in [1.29, 1.82) is 0 Å². The van der Waals surface area contributed by atoms with E-state index in [9.17, 15) is 9.90 Å². The second-order valence-electron chi connectivity index (χ2n) is 4.62. The third-order valence-electron chi connectivity index (χ3n) is 3.29. The van der Waals surface area contributed by atoms with Gasteiger partial charge >= 0.3 is 6.09 Å². The monoisotopic (exact) mass is 265 g/mol. The minimum absolute atomic E-state index is 0.260. The second-order valence-corrected chi connectivity index (χ2v) is 4.62. The van der Waals surface area contributed by atoms with Gasteiger partial charge in [0.25, 0.3) is 0 Å². The van der Waals surface area contributed by atoms with Gasteiger partial charge in [0.2, 0.25) is 0 Å². The summed E-state index contributed by atoms with van der Waals surface area (Å²) in [7, 11) is 1.53. The summed E-state index contributed by atoms with van der Waals surface area (Å²) in [5, 5.41) is 9.67. The zero-order valence-electron chi connectivity index (χ0n) is 11.0. The van der Waals surface area contributed by atoms with E-state index in [1.54, 1.807) is 4.90 Å². The molecular weight excluding hydrogens is 246 g/mol.